The average Bonchev–Trinajstić information content (AvgIpc) is 3.64. The van der Waals surface area contributed by atoms with Crippen LogP contribution in [0.15, 0.2) is 169 Å². The number of benzene rings is 7. The molecule has 1 saturated carbocycles. The number of allylic oxidation sites excluding steroid dienone is 3. The molecule has 3 nitrogen and oxygen atoms in total. The van der Waals surface area contributed by atoms with Crippen molar-refractivity contribution < 1.29 is 0 Å². The Morgan fingerprint density at radius 1 is 0.473 bits per heavy atom. The molecule has 2 unspecified atom stereocenters. The van der Waals surface area contributed by atoms with Gasteiger partial charge in [-0.3, -0.25) is 0 Å². The van der Waals surface area contributed by atoms with E-state index in [0.29, 0.717) is 23.0 Å². The lowest BCUT2D eigenvalue weighted by atomic mass is 9.78. The first-order chi connectivity index (χ1) is 27.2. The second-order valence-corrected chi connectivity index (χ2v) is 16.6. The van der Waals surface area contributed by atoms with Gasteiger partial charge in [0.1, 0.15) is 5.82 Å². The third-order valence-electron chi connectivity index (χ3n) is 12.2. The van der Waals surface area contributed by atoms with Crippen molar-refractivity contribution in [3.8, 4) is 22.8 Å². The standard InChI is InChI=1S/C51H39N3S/c1-3-11-33(12-4-1)49-52-50(34-13-5-2-6-14-34)54-51(53-49)35-21-19-32(20-22-35)38-24-27-44-46-30-37(25-28-47(46)55-48(44)31-38)36-23-26-43-41-17-8-7-15-39(41)40-16-9-10-18-42(40)45(43)29-36/h1-18,23-32,35,46-47H,19-22H2. The summed E-state index contributed by atoms with van der Waals surface area (Å²) < 4.78 is 0. The van der Waals surface area contributed by atoms with Gasteiger partial charge in [0.25, 0.3) is 0 Å². The smallest absolute Gasteiger partial charge is 0.163 e. The molecule has 264 valence electrons. The number of aromatic nitrogens is 3. The Kier molecular flexibility index (Phi) is 7.98. The minimum absolute atomic E-state index is 0.330. The van der Waals surface area contributed by atoms with Gasteiger partial charge in [0.2, 0.25) is 0 Å². The summed E-state index contributed by atoms with van der Waals surface area (Å²) in [4.78, 5) is 16.5. The molecule has 4 heteroatoms. The fourth-order valence-corrected chi connectivity index (χ4v) is 10.7. The van der Waals surface area contributed by atoms with Crippen molar-refractivity contribution >= 4 is 49.7 Å². The molecular weight excluding hydrogens is 687 g/mol. The minimum Gasteiger partial charge on any atom is -0.213 e. The molecule has 0 radical (unpaired) electrons. The van der Waals surface area contributed by atoms with Crippen molar-refractivity contribution in [2.45, 2.75) is 53.6 Å². The van der Waals surface area contributed by atoms with E-state index >= 15 is 0 Å². The van der Waals surface area contributed by atoms with Crippen molar-refractivity contribution in [1.82, 2.24) is 15.0 Å². The van der Waals surface area contributed by atoms with Gasteiger partial charge in [0, 0.05) is 33.1 Å². The van der Waals surface area contributed by atoms with Crippen molar-refractivity contribution in [3.05, 3.63) is 186 Å². The molecule has 55 heavy (non-hydrogen) atoms. The summed E-state index contributed by atoms with van der Waals surface area (Å²) >= 11 is 2.04. The number of rotatable bonds is 5. The first-order valence-electron chi connectivity index (χ1n) is 19.6. The zero-order valence-corrected chi connectivity index (χ0v) is 31.3. The highest BCUT2D eigenvalue weighted by Gasteiger charge is 2.34. The van der Waals surface area contributed by atoms with Crippen LogP contribution in [0.5, 0.6) is 0 Å². The number of hydrogen-bond acceptors (Lipinski definition) is 4. The molecule has 0 N–H and O–H groups in total. The fourth-order valence-electron chi connectivity index (χ4n) is 9.34. The SMILES string of the molecule is C1=CC2Sc3cc(C4CCC(c5nc(-c6ccccc6)nc(-c6ccccc6)n5)CC4)ccc3C2C=C1c1ccc2c3ccccc3c3ccccc3c2c1. The van der Waals surface area contributed by atoms with E-state index in [-0.39, 0.29) is 0 Å². The Bertz CT molecular complexity index is 2720. The molecule has 2 atom stereocenters. The molecule has 2 aliphatic carbocycles. The van der Waals surface area contributed by atoms with Gasteiger partial charge >= 0.3 is 0 Å². The van der Waals surface area contributed by atoms with Crippen LogP contribution >= 0.6 is 11.8 Å². The molecular formula is C51H39N3S. The van der Waals surface area contributed by atoms with Gasteiger partial charge in [-0.05, 0) is 98.3 Å². The highest BCUT2D eigenvalue weighted by Crippen LogP contribution is 2.51. The van der Waals surface area contributed by atoms with Crippen molar-refractivity contribution in [2.24, 2.45) is 0 Å². The summed E-state index contributed by atoms with van der Waals surface area (Å²) in [6.07, 6.45) is 11.8. The predicted octanol–water partition coefficient (Wildman–Crippen LogP) is 13.3. The number of nitrogens with zero attached hydrogens (tertiary/aromatic N) is 3. The van der Waals surface area contributed by atoms with Crippen LogP contribution in [-0.2, 0) is 0 Å². The number of thioether (sulfide) groups is 1. The molecule has 8 aromatic rings. The zero-order chi connectivity index (χ0) is 36.3. The molecule has 0 amide bonds. The summed E-state index contributed by atoms with van der Waals surface area (Å²) in [5.74, 6) is 3.73. The third-order valence-corrected chi connectivity index (χ3v) is 13.5. The molecule has 1 aromatic heterocycles. The van der Waals surface area contributed by atoms with E-state index in [0.717, 1.165) is 54.3 Å². The van der Waals surface area contributed by atoms with Crippen LogP contribution in [0.3, 0.4) is 0 Å². The Hall–Kier alpha value is -5.84. The maximum atomic E-state index is 5.07. The molecule has 0 bridgehead atoms. The highest BCUT2D eigenvalue weighted by atomic mass is 32.2. The highest BCUT2D eigenvalue weighted by molar-refractivity contribution is 8.00. The summed E-state index contributed by atoms with van der Waals surface area (Å²) in [5, 5.41) is 8.37. The number of hydrogen-bond donors (Lipinski definition) is 0. The van der Waals surface area contributed by atoms with Crippen LogP contribution in [0.2, 0.25) is 0 Å². The van der Waals surface area contributed by atoms with E-state index < -0.39 is 0 Å². The maximum absolute atomic E-state index is 5.07. The molecule has 0 spiro atoms. The van der Waals surface area contributed by atoms with Gasteiger partial charge in [-0.25, -0.2) is 15.0 Å². The largest absolute Gasteiger partial charge is 0.213 e. The van der Waals surface area contributed by atoms with E-state index in [1.54, 1.807) is 0 Å². The summed E-state index contributed by atoms with van der Waals surface area (Å²) in [5.41, 5.74) is 7.63. The summed E-state index contributed by atoms with van der Waals surface area (Å²) in [7, 11) is 0. The van der Waals surface area contributed by atoms with Crippen molar-refractivity contribution in [2.75, 3.05) is 0 Å². The van der Waals surface area contributed by atoms with Crippen LogP contribution < -0.4 is 0 Å². The van der Waals surface area contributed by atoms with Crippen LogP contribution in [0.25, 0.3) is 60.7 Å². The lowest BCUT2D eigenvalue weighted by Gasteiger charge is -2.28. The van der Waals surface area contributed by atoms with Crippen LogP contribution in [0.1, 0.15) is 66.0 Å². The van der Waals surface area contributed by atoms with Gasteiger partial charge in [0.15, 0.2) is 11.6 Å². The Morgan fingerprint density at radius 3 is 1.67 bits per heavy atom. The zero-order valence-electron chi connectivity index (χ0n) is 30.5. The second kappa shape index (κ2) is 13.5. The third kappa shape index (κ3) is 5.79. The fraction of sp³-hybridized carbons (Fsp3) is 0.157. The molecule has 0 saturated heterocycles. The topological polar surface area (TPSA) is 38.7 Å². The lowest BCUT2D eigenvalue weighted by Crippen LogP contribution is -2.16. The van der Waals surface area contributed by atoms with E-state index in [4.69, 9.17) is 15.0 Å². The quantitative estimate of drug-likeness (QED) is 0.166. The normalized spacial score (nSPS) is 20.4. The molecule has 1 aliphatic heterocycles. The molecule has 3 aliphatic rings. The van der Waals surface area contributed by atoms with Crippen molar-refractivity contribution in [1.29, 1.82) is 0 Å². The van der Waals surface area contributed by atoms with Gasteiger partial charge < -0.3 is 0 Å². The molecule has 11 rings (SSSR count). The van der Waals surface area contributed by atoms with E-state index in [1.807, 2.05) is 23.9 Å². The summed E-state index contributed by atoms with van der Waals surface area (Å²) in [6, 6.07) is 52.8. The Balaban J connectivity index is 0.848. The van der Waals surface area contributed by atoms with Crippen LogP contribution in [0.4, 0.5) is 0 Å². The van der Waals surface area contributed by atoms with Gasteiger partial charge in [-0.2, -0.15) is 0 Å². The average molecular weight is 726 g/mol. The van der Waals surface area contributed by atoms with Crippen LogP contribution in [0, 0.1) is 0 Å². The summed E-state index contributed by atoms with van der Waals surface area (Å²) in [6.45, 7) is 0. The molecule has 1 fully saturated rings. The molecule has 2 heterocycles. The first-order valence-corrected chi connectivity index (χ1v) is 20.5. The van der Waals surface area contributed by atoms with Gasteiger partial charge in [-0.1, -0.05) is 152 Å². The molecule has 7 aromatic carbocycles. The minimum atomic E-state index is 0.330. The van der Waals surface area contributed by atoms with E-state index in [2.05, 4.69) is 152 Å². The Morgan fingerprint density at radius 2 is 1.04 bits per heavy atom. The number of fused-ring (bicyclic) bond motifs is 9. The second-order valence-electron chi connectivity index (χ2n) is 15.4. The van der Waals surface area contributed by atoms with Crippen LogP contribution in [-0.4, -0.2) is 20.2 Å². The lowest BCUT2D eigenvalue weighted by molar-refractivity contribution is 0.385. The van der Waals surface area contributed by atoms with Crippen molar-refractivity contribution in [3.63, 3.8) is 0 Å². The van der Waals surface area contributed by atoms with E-state index in [1.165, 1.54) is 59.5 Å². The predicted molar refractivity (Wildman–Crippen MR) is 230 cm³/mol. The monoisotopic (exact) mass is 725 g/mol. The van der Waals surface area contributed by atoms with Gasteiger partial charge in [0.05, 0.1) is 0 Å². The van der Waals surface area contributed by atoms with E-state index in [9.17, 15) is 0 Å². The Labute approximate surface area is 325 Å². The maximum Gasteiger partial charge on any atom is 0.163 e. The van der Waals surface area contributed by atoms with Gasteiger partial charge in [-0.15, -0.1) is 11.8 Å². The first kappa shape index (κ1) is 32.6.